The number of halogens is 1. The van der Waals surface area contributed by atoms with Crippen molar-refractivity contribution in [3.63, 3.8) is 0 Å². The van der Waals surface area contributed by atoms with Gasteiger partial charge in [0.05, 0.1) is 5.60 Å². The number of nitrogens with zero attached hydrogens (tertiary/aromatic N) is 1. The number of aliphatic hydroxyl groups is 1. The molecule has 1 N–H and O–H groups in total. The van der Waals surface area contributed by atoms with Crippen molar-refractivity contribution < 1.29 is 9.50 Å². The molecule has 1 aliphatic heterocycles. The second-order valence-electron chi connectivity index (χ2n) is 4.55. The summed E-state index contributed by atoms with van der Waals surface area (Å²) in [5, 5.41) is 9.78. The Morgan fingerprint density at radius 1 is 1.47 bits per heavy atom. The van der Waals surface area contributed by atoms with Crippen molar-refractivity contribution in [3.05, 3.63) is 35.6 Å². The van der Waals surface area contributed by atoms with Crippen LogP contribution in [0.25, 0.3) is 0 Å². The van der Waals surface area contributed by atoms with Crippen LogP contribution in [0.4, 0.5) is 4.39 Å². The number of hydrogen-bond donors (Lipinski definition) is 1. The third-order valence-corrected chi connectivity index (χ3v) is 2.88. The predicted octanol–water partition coefficient (Wildman–Crippen LogP) is 1.78. The molecule has 1 saturated heterocycles. The normalized spacial score (nSPS) is 27.1. The van der Waals surface area contributed by atoms with Gasteiger partial charge in [0, 0.05) is 25.2 Å². The average Bonchev–Trinajstić information content (AvgIpc) is 2.50. The fraction of sp³-hybridized carbons (Fsp3) is 0.500. The number of β-amino-alcohol motifs (C(OH)–C–C–N with tert-alkyl or cyclic N) is 1. The molecule has 0 radical (unpaired) electrons. The maximum absolute atomic E-state index is 13.3. The summed E-state index contributed by atoms with van der Waals surface area (Å²) in [4.78, 5) is 2.08. The zero-order valence-corrected chi connectivity index (χ0v) is 8.91. The molecule has 1 aromatic rings. The standard InChI is InChI=1S/C12H16FNO/c1-12(15)6-7-14(9-12)8-10-4-2-3-5-11(10)13/h2-5,15H,6-9H2,1H3. The first-order valence-electron chi connectivity index (χ1n) is 5.25. The molecule has 3 heteroatoms. The minimum atomic E-state index is -0.606. The van der Waals surface area contributed by atoms with Crippen molar-refractivity contribution >= 4 is 0 Å². The van der Waals surface area contributed by atoms with Crippen molar-refractivity contribution in [2.24, 2.45) is 0 Å². The Morgan fingerprint density at radius 3 is 2.80 bits per heavy atom. The summed E-state index contributed by atoms with van der Waals surface area (Å²) in [6.45, 7) is 3.87. The smallest absolute Gasteiger partial charge is 0.127 e. The molecule has 0 aliphatic carbocycles. The van der Waals surface area contributed by atoms with Gasteiger partial charge in [-0.05, 0) is 19.4 Å². The van der Waals surface area contributed by atoms with E-state index in [0.717, 1.165) is 13.0 Å². The fourth-order valence-corrected chi connectivity index (χ4v) is 2.04. The summed E-state index contributed by atoms with van der Waals surface area (Å²) in [6.07, 6.45) is 0.765. The molecule has 0 spiro atoms. The molecule has 1 heterocycles. The van der Waals surface area contributed by atoms with Gasteiger partial charge in [0.2, 0.25) is 0 Å². The molecular weight excluding hydrogens is 193 g/mol. The van der Waals surface area contributed by atoms with Gasteiger partial charge in [0.25, 0.3) is 0 Å². The van der Waals surface area contributed by atoms with Crippen LogP contribution >= 0.6 is 0 Å². The first kappa shape index (κ1) is 10.6. The Labute approximate surface area is 89.3 Å². The highest BCUT2D eigenvalue weighted by Gasteiger charge is 2.31. The highest BCUT2D eigenvalue weighted by Crippen LogP contribution is 2.22. The largest absolute Gasteiger partial charge is 0.389 e. The van der Waals surface area contributed by atoms with E-state index in [1.807, 2.05) is 13.0 Å². The van der Waals surface area contributed by atoms with E-state index in [1.54, 1.807) is 12.1 Å². The van der Waals surface area contributed by atoms with Crippen LogP contribution in [0.3, 0.4) is 0 Å². The summed E-state index contributed by atoms with van der Waals surface area (Å²) in [6, 6.07) is 6.80. The van der Waals surface area contributed by atoms with Gasteiger partial charge in [-0.2, -0.15) is 0 Å². The minimum Gasteiger partial charge on any atom is -0.389 e. The van der Waals surface area contributed by atoms with Gasteiger partial charge in [-0.15, -0.1) is 0 Å². The van der Waals surface area contributed by atoms with Crippen LogP contribution in [0.5, 0.6) is 0 Å². The average molecular weight is 209 g/mol. The third kappa shape index (κ3) is 2.55. The van der Waals surface area contributed by atoms with Gasteiger partial charge in [-0.25, -0.2) is 4.39 Å². The predicted molar refractivity (Wildman–Crippen MR) is 56.9 cm³/mol. The van der Waals surface area contributed by atoms with Gasteiger partial charge in [0.15, 0.2) is 0 Å². The Morgan fingerprint density at radius 2 is 2.20 bits per heavy atom. The lowest BCUT2D eigenvalue weighted by atomic mass is 10.1. The van der Waals surface area contributed by atoms with E-state index in [0.29, 0.717) is 18.7 Å². The molecule has 1 unspecified atom stereocenters. The zero-order chi connectivity index (χ0) is 10.9. The van der Waals surface area contributed by atoms with Gasteiger partial charge in [-0.1, -0.05) is 18.2 Å². The van der Waals surface area contributed by atoms with Crippen LogP contribution in [0.15, 0.2) is 24.3 Å². The molecule has 1 aromatic carbocycles. The highest BCUT2D eigenvalue weighted by molar-refractivity contribution is 5.17. The number of benzene rings is 1. The topological polar surface area (TPSA) is 23.5 Å². The number of hydrogen-bond acceptors (Lipinski definition) is 2. The fourth-order valence-electron chi connectivity index (χ4n) is 2.04. The van der Waals surface area contributed by atoms with Gasteiger partial charge in [0.1, 0.15) is 5.82 Å². The lowest BCUT2D eigenvalue weighted by molar-refractivity contribution is 0.0677. The molecule has 82 valence electrons. The van der Waals surface area contributed by atoms with Gasteiger partial charge in [-0.3, -0.25) is 4.90 Å². The van der Waals surface area contributed by atoms with Crippen LogP contribution in [0, 0.1) is 5.82 Å². The summed E-state index contributed by atoms with van der Waals surface area (Å²) < 4.78 is 13.3. The maximum atomic E-state index is 13.3. The van der Waals surface area contributed by atoms with Crippen LogP contribution in [-0.4, -0.2) is 28.7 Å². The molecule has 1 fully saturated rings. The Kier molecular flexibility index (Phi) is 2.76. The molecule has 0 saturated carbocycles. The molecule has 1 aliphatic rings. The Bertz CT molecular complexity index is 351. The first-order valence-corrected chi connectivity index (χ1v) is 5.25. The molecule has 0 bridgehead atoms. The van der Waals surface area contributed by atoms with Crippen LogP contribution in [0.1, 0.15) is 18.9 Å². The second-order valence-corrected chi connectivity index (χ2v) is 4.55. The van der Waals surface area contributed by atoms with Gasteiger partial charge < -0.3 is 5.11 Å². The van der Waals surface area contributed by atoms with E-state index in [-0.39, 0.29) is 5.82 Å². The van der Waals surface area contributed by atoms with Crippen LogP contribution < -0.4 is 0 Å². The van der Waals surface area contributed by atoms with Crippen molar-refractivity contribution in [2.45, 2.75) is 25.5 Å². The maximum Gasteiger partial charge on any atom is 0.127 e. The van der Waals surface area contributed by atoms with Crippen LogP contribution in [0.2, 0.25) is 0 Å². The lowest BCUT2D eigenvalue weighted by Crippen LogP contribution is -2.29. The van der Waals surface area contributed by atoms with E-state index in [4.69, 9.17) is 0 Å². The van der Waals surface area contributed by atoms with Crippen molar-refractivity contribution in [1.82, 2.24) is 4.90 Å². The molecule has 15 heavy (non-hydrogen) atoms. The lowest BCUT2D eigenvalue weighted by Gasteiger charge is -2.18. The van der Waals surface area contributed by atoms with Crippen LogP contribution in [-0.2, 0) is 6.54 Å². The molecule has 0 amide bonds. The first-order chi connectivity index (χ1) is 7.07. The Balaban J connectivity index is 2.02. The summed E-state index contributed by atoms with van der Waals surface area (Å²) in [5.41, 5.74) is 0.0980. The SMILES string of the molecule is CC1(O)CCN(Cc2ccccc2F)C1. The van der Waals surface area contributed by atoms with Crippen molar-refractivity contribution in [1.29, 1.82) is 0 Å². The molecule has 2 rings (SSSR count). The monoisotopic (exact) mass is 209 g/mol. The minimum absolute atomic E-state index is 0.163. The van der Waals surface area contributed by atoms with E-state index in [2.05, 4.69) is 4.90 Å². The van der Waals surface area contributed by atoms with E-state index in [9.17, 15) is 9.50 Å². The van der Waals surface area contributed by atoms with Gasteiger partial charge >= 0.3 is 0 Å². The zero-order valence-electron chi connectivity index (χ0n) is 8.91. The second kappa shape index (κ2) is 3.91. The highest BCUT2D eigenvalue weighted by atomic mass is 19.1. The summed E-state index contributed by atoms with van der Waals surface area (Å²) >= 11 is 0. The number of rotatable bonds is 2. The molecule has 0 aromatic heterocycles. The molecular formula is C12H16FNO. The summed E-state index contributed by atoms with van der Waals surface area (Å²) in [5.74, 6) is -0.163. The van der Waals surface area contributed by atoms with Crippen molar-refractivity contribution in [2.75, 3.05) is 13.1 Å². The third-order valence-electron chi connectivity index (χ3n) is 2.88. The Hall–Kier alpha value is -0.930. The van der Waals surface area contributed by atoms with Crippen molar-refractivity contribution in [3.8, 4) is 0 Å². The number of likely N-dealkylation sites (tertiary alicyclic amines) is 1. The molecule has 1 atom stereocenters. The van der Waals surface area contributed by atoms with E-state index in [1.165, 1.54) is 6.07 Å². The summed E-state index contributed by atoms with van der Waals surface area (Å²) in [7, 11) is 0. The van der Waals surface area contributed by atoms with E-state index >= 15 is 0 Å². The molecule has 2 nitrogen and oxygen atoms in total. The van der Waals surface area contributed by atoms with E-state index < -0.39 is 5.60 Å². The quantitative estimate of drug-likeness (QED) is 0.802.